The largest absolute Gasteiger partial charge is 0.481 e. The second-order valence-electron chi connectivity index (χ2n) is 24.8. The monoisotopic (exact) mass is 1330 g/mol. The van der Waals surface area contributed by atoms with Crippen molar-refractivity contribution in [2.75, 3.05) is 56.5 Å². The zero-order valence-electron chi connectivity index (χ0n) is 54.1. The van der Waals surface area contributed by atoms with E-state index in [1.807, 2.05) is 78.9 Å². The van der Waals surface area contributed by atoms with Gasteiger partial charge in [-0.15, -0.1) is 0 Å². The third-order valence-corrected chi connectivity index (χ3v) is 18.1. The number of carboxylic acid groups (broad SMARTS) is 2. The predicted octanol–water partition coefficient (Wildman–Crippen LogP) is 3.56. The van der Waals surface area contributed by atoms with Crippen molar-refractivity contribution in [1.29, 1.82) is 0 Å². The number of guanidine groups is 1. The van der Waals surface area contributed by atoms with Gasteiger partial charge >= 0.3 is 11.9 Å². The molecule has 6 amide bonds. The van der Waals surface area contributed by atoms with E-state index in [0.717, 1.165) is 54.8 Å². The molecule has 0 aliphatic carbocycles. The summed E-state index contributed by atoms with van der Waals surface area (Å²) < 4.78 is 34.7. The number of unbranched alkanes of at least 4 members (excludes halogenated alkanes) is 2. The van der Waals surface area contributed by atoms with E-state index in [1.54, 1.807) is 0 Å². The van der Waals surface area contributed by atoms with Crippen LogP contribution in [0.15, 0.2) is 126 Å². The van der Waals surface area contributed by atoms with Gasteiger partial charge in [-0.25, -0.2) is 4.79 Å². The van der Waals surface area contributed by atoms with Gasteiger partial charge in [0.2, 0.25) is 41.1 Å². The van der Waals surface area contributed by atoms with E-state index in [-0.39, 0.29) is 63.5 Å². The van der Waals surface area contributed by atoms with E-state index in [1.165, 1.54) is 5.56 Å². The van der Waals surface area contributed by atoms with E-state index in [2.05, 4.69) is 105 Å². The lowest BCUT2D eigenvalue weighted by Crippen LogP contribution is -2.60. The first kappa shape index (κ1) is 73.1. The SMILES string of the molecule is CC1(C)C(/C=C/C=C/C=C/C=C2\N(CCC(=O)NCC(=O)N[C@@H](CCCN=C(N)N)C(=O)N[C@@H](CC(=O)O)C(=O)N[C@@H](CO)C(=O)N3CCC[C@H]3C(=O)N[C@@H](CCCCN)C(=O)O)c3ccc4ccccc4c3C2(C)C)=[N+](CCCCS(=O)(=O)O)c2ccc3ccccc3c21. The number of hydrogen-bond donors (Lipinski definition) is 12. The number of carboxylic acids is 2. The number of aliphatic hydroxyl groups is 1. The summed E-state index contributed by atoms with van der Waals surface area (Å²) in [6, 6.07) is 17.1. The number of aliphatic imine (C=N–C) groups is 1. The highest BCUT2D eigenvalue weighted by atomic mass is 32.2. The highest BCUT2D eigenvalue weighted by molar-refractivity contribution is 7.85. The summed E-state index contributed by atoms with van der Waals surface area (Å²) in [5.74, 6) is -8.61. The summed E-state index contributed by atoms with van der Waals surface area (Å²) in [7, 11) is -4.09. The predicted molar refractivity (Wildman–Crippen MR) is 362 cm³/mol. The number of hydrogen-bond acceptors (Lipinski definition) is 14. The number of anilines is 1. The standard InChI is InChI=1S/C68H88N12O14S/c1-67(2)54(78(36-16-17-39-95(92,93)94)51-31-29-43-20-10-12-22-45(43)59(51)67)27-8-6-5-7-9-28-55-68(3,4)60-46-23-13-11-21-44(46)30-32-52(60)79(55)38-33-56(82)73-41-57(83)74-47(25-18-35-72-66(70)71)61(86)76-49(40-58(84)85)62(87)77-50(42-81)64(89)80-37-19-26-53(80)63(88)75-48(65(90)91)24-14-15-34-69/h5-13,20-23,27-32,47-50,53,81H,14-19,24-26,33-42,69H2,1-4H3,(H11-,70,71,72,73,74,75,76,77,82,83,84,85,86,87,88,90,91,92,93,94)/p+1/t47-,48-,49-,50-,53-/m0/s1. The molecule has 3 aliphatic heterocycles. The summed E-state index contributed by atoms with van der Waals surface area (Å²) in [4.78, 5) is 113. The van der Waals surface area contributed by atoms with E-state index >= 15 is 0 Å². The molecule has 510 valence electrons. The van der Waals surface area contributed by atoms with Crippen LogP contribution in [0, 0.1) is 0 Å². The molecule has 5 atom stereocenters. The highest BCUT2D eigenvalue weighted by Crippen LogP contribution is 2.51. The van der Waals surface area contributed by atoms with Crippen molar-refractivity contribution in [3.8, 4) is 0 Å². The molecule has 0 bridgehead atoms. The number of aliphatic hydroxyl groups excluding tert-OH is 1. The van der Waals surface area contributed by atoms with Crippen LogP contribution in [0.1, 0.15) is 109 Å². The number of rotatable bonds is 34. The molecule has 0 spiro atoms. The number of likely N-dealkylation sites (tertiary alicyclic amines) is 1. The molecule has 3 aliphatic rings. The Morgan fingerprint density at radius 3 is 2.03 bits per heavy atom. The number of allylic oxidation sites excluding steroid dienone is 8. The minimum Gasteiger partial charge on any atom is -0.481 e. The van der Waals surface area contributed by atoms with E-state index in [4.69, 9.17) is 17.2 Å². The fourth-order valence-corrected chi connectivity index (χ4v) is 13.3. The number of nitrogens with two attached hydrogens (primary N) is 3. The lowest BCUT2D eigenvalue weighted by atomic mass is 9.79. The maximum Gasteiger partial charge on any atom is 0.326 e. The Morgan fingerprint density at radius 1 is 0.726 bits per heavy atom. The lowest BCUT2D eigenvalue weighted by molar-refractivity contribution is -0.438. The van der Waals surface area contributed by atoms with Gasteiger partial charge < -0.3 is 68.9 Å². The highest BCUT2D eigenvalue weighted by Gasteiger charge is 2.46. The number of aliphatic carboxylic acids is 2. The van der Waals surface area contributed by atoms with Crippen LogP contribution in [0.3, 0.4) is 0 Å². The van der Waals surface area contributed by atoms with Crippen LogP contribution in [0.2, 0.25) is 0 Å². The number of carbonyl (C=O) groups is 8. The summed E-state index contributed by atoms with van der Waals surface area (Å²) in [6.45, 7) is 8.08. The third kappa shape index (κ3) is 19.0. The van der Waals surface area contributed by atoms with Gasteiger partial charge in [0.15, 0.2) is 11.7 Å². The maximum atomic E-state index is 14.0. The van der Waals surface area contributed by atoms with Crippen molar-refractivity contribution in [1.82, 2.24) is 31.5 Å². The van der Waals surface area contributed by atoms with Crippen LogP contribution < -0.4 is 48.7 Å². The number of amides is 6. The van der Waals surface area contributed by atoms with Gasteiger partial charge in [0, 0.05) is 67.0 Å². The number of nitrogens with zero attached hydrogens (tertiary/aromatic N) is 4. The molecule has 0 aromatic heterocycles. The van der Waals surface area contributed by atoms with E-state index in [0.29, 0.717) is 45.2 Å². The molecule has 26 nitrogen and oxygen atoms in total. The van der Waals surface area contributed by atoms with E-state index in [9.17, 15) is 66.6 Å². The first-order valence-electron chi connectivity index (χ1n) is 31.9. The topological polar surface area (TPSA) is 412 Å². The van der Waals surface area contributed by atoms with Crippen LogP contribution in [-0.2, 0) is 59.3 Å². The third-order valence-electron chi connectivity index (χ3n) is 17.3. The van der Waals surface area contributed by atoms with Crippen LogP contribution in [0.4, 0.5) is 11.4 Å². The summed E-state index contributed by atoms with van der Waals surface area (Å²) in [6.07, 6.45) is 14.9. The number of carbonyl (C=O) groups excluding carboxylic acids is 6. The molecule has 15 N–H and O–H groups in total. The van der Waals surface area contributed by atoms with Gasteiger partial charge in [-0.2, -0.15) is 13.0 Å². The Kier molecular flexibility index (Phi) is 25.5. The fourth-order valence-electron chi connectivity index (χ4n) is 12.7. The van der Waals surface area contributed by atoms with Crippen molar-refractivity contribution < 1.29 is 71.2 Å². The van der Waals surface area contributed by atoms with Gasteiger partial charge in [-0.3, -0.25) is 43.1 Å². The molecule has 0 unspecified atom stereocenters. The van der Waals surface area contributed by atoms with Gasteiger partial charge in [-0.1, -0.05) is 98.8 Å². The minimum absolute atomic E-state index is 0.00548. The molecule has 27 heteroatoms. The summed E-state index contributed by atoms with van der Waals surface area (Å²) >= 11 is 0. The van der Waals surface area contributed by atoms with Crippen LogP contribution in [0.25, 0.3) is 21.5 Å². The lowest BCUT2D eigenvalue weighted by Gasteiger charge is -2.29. The maximum absolute atomic E-state index is 14.0. The zero-order valence-corrected chi connectivity index (χ0v) is 54.9. The molecule has 95 heavy (non-hydrogen) atoms. The molecular formula is C68H89N12O14S+. The minimum atomic E-state index is -4.09. The van der Waals surface area contributed by atoms with E-state index < -0.39 is 118 Å². The second kappa shape index (κ2) is 33.2. The molecule has 3 heterocycles. The first-order valence-corrected chi connectivity index (χ1v) is 33.5. The quantitative estimate of drug-likeness (QED) is 0.00794. The average Bonchev–Trinajstić information content (AvgIpc) is 1.59. The Morgan fingerprint density at radius 2 is 1.37 bits per heavy atom. The van der Waals surface area contributed by atoms with Crippen LogP contribution in [0.5, 0.6) is 0 Å². The molecule has 4 aromatic carbocycles. The first-order chi connectivity index (χ1) is 45.2. The molecule has 4 aromatic rings. The van der Waals surface area contributed by atoms with Crippen molar-refractivity contribution >= 4 is 102 Å². The van der Waals surface area contributed by atoms with Crippen LogP contribution in [-0.4, -0.2) is 179 Å². The van der Waals surface area contributed by atoms with Gasteiger partial charge in [0.1, 0.15) is 36.8 Å². The zero-order chi connectivity index (χ0) is 69.2. The second-order valence-corrected chi connectivity index (χ2v) is 26.4. The Labute approximate surface area is 552 Å². The smallest absolute Gasteiger partial charge is 0.326 e. The number of nitrogens with one attached hydrogen (secondary N) is 5. The molecule has 1 fully saturated rings. The fraction of sp³-hybridized carbons (Fsp3) is 0.441. The normalized spacial score (nSPS) is 17.4. The average molecular weight is 1330 g/mol. The number of benzene rings is 4. The molecule has 0 saturated carbocycles. The Balaban J connectivity index is 1.01. The van der Waals surface area contributed by atoms with Crippen molar-refractivity contribution in [3.05, 3.63) is 132 Å². The van der Waals surface area contributed by atoms with Gasteiger partial charge in [0.25, 0.3) is 10.1 Å². The van der Waals surface area contributed by atoms with Crippen molar-refractivity contribution in [3.63, 3.8) is 0 Å². The molecule has 0 radical (unpaired) electrons. The van der Waals surface area contributed by atoms with Crippen LogP contribution >= 0.6 is 0 Å². The van der Waals surface area contributed by atoms with Crippen molar-refractivity contribution in [2.45, 2.75) is 139 Å². The summed E-state index contributed by atoms with van der Waals surface area (Å²) in [5.41, 5.74) is 21.7. The summed E-state index contributed by atoms with van der Waals surface area (Å²) in [5, 5.41) is 46.4. The Bertz CT molecular complexity index is 3840. The Hall–Kier alpha value is -9.31. The van der Waals surface area contributed by atoms with Gasteiger partial charge in [-0.05, 0) is 117 Å². The number of fused-ring (bicyclic) bond motifs is 6. The molecule has 7 rings (SSSR count). The van der Waals surface area contributed by atoms with Gasteiger partial charge in [0.05, 0.1) is 30.7 Å². The molecular weight excluding hydrogens is 1240 g/mol. The molecule has 1 saturated heterocycles. The van der Waals surface area contributed by atoms with Crippen molar-refractivity contribution in [2.24, 2.45) is 22.2 Å².